The lowest BCUT2D eigenvalue weighted by Gasteiger charge is -2.11. The van der Waals surface area contributed by atoms with E-state index in [1.165, 1.54) is 0 Å². The van der Waals surface area contributed by atoms with Gasteiger partial charge in [0.25, 0.3) is 5.56 Å². The smallest absolute Gasteiger partial charge is 0.253 e. The van der Waals surface area contributed by atoms with Gasteiger partial charge in [0.2, 0.25) is 0 Å². The molecule has 1 heterocycles. The number of halogens is 1. The van der Waals surface area contributed by atoms with Crippen LogP contribution in [0.5, 0.6) is 5.75 Å². The molecule has 3 rings (SSSR count). The molecule has 0 spiro atoms. The van der Waals surface area contributed by atoms with Crippen molar-refractivity contribution < 1.29 is 4.74 Å². The molecule has 0 amide bonds. The van der Waals surface area contributed by atoms with E-state index in [4.69, 9.17) is 16.3 Å². The van der Waals surface area contributed by atoms with Crippen molar-refractivity contribution in [1.82, 2.24) is 4.98 Å². The van der Waals surface area contributed by atoms with Crippen molar-refractivity contribution in [3.63, 3.8) is 0 Å². The van der Waals surface area contributed by atoms with Crippen molar-refractivity contribution in [2.75, 3.05) is 12.4 Å². The Labute approximate surface area is 139 Å². The number of anilines is 1. The third kappa shape index (κ3) is 3.17. The Balaban J connectivity index is 1.91. The van der Waals surface area contributed by atoms with Gasteiger partial charge in [-0.1, -0.05) is 17.7 Å². The third-order valence-corrected chi connectivity index (χ3v) is 4.27. The first-order chi connectivity index (χ1) is 11.1. The number of fused-ring (bicyclic) bond motifs is 1. The lowest BCUT2D eigenvalue weighted by Crippen LogP contribution is -2.16. The van der Waals surface area contributed by atoms with E-state index in [-0.39, 0.29) is 5.56 Å². The molecule has 0 aliphatic heterocycles. The molecule has 0 saturated carbocycles. The molecule has 0 fully saturated rings. The number of hydrogen-bond donors (Lipinski definition) is 2. The second-order valence-electron chi connectivity index (χ2n) is 5.34. The van der Waals surface area contributed by atoms with Gasteiger partial charge in [0, 0.05) is 33.7 Å². The van der Waals surface area contributed by atoms with Gasteiger partial charge in [-0.15, -0.1) is 0 Å². The SMILES string of the molecule is COc1ccc2[nH]c(=O)c(CNc3cccc(Cl)c3C)cc2c1. The van der Waals surface area contributed by atoms with E-state index >= 15 is 0 Å². The van der Waals surface area contributed by atoms with E-state index in [0.717, 1.165) is 27.9 Å². The summed E-state index contributed by atoms with van der Waals surface area (Å²) < 4.78 is 5.23. The maximum absolute atomic E-state index is 12.2. The first-order valence-corrected chi connectivity index (χ1v) is 7.65. The van der Waals surface area contributed by atoms with Crippen LogP contribution in [0.15, 0.2) is 47.3 Å². The summed E-state index contributed by atoms with van der Waals surface area (Å²) >= 11 is 6.12. The molecule has 2 aromatic carbocycles. The molecule has 0 saturated heterocycles. The summed E-state index contributed by atoms with van der Waals surface area (Å²) in [5, 5.41) is 4.90. The van der Waals surface area contributed by atoms with Crippen LogP contribution >= 0.6 is 11.6 Å². The van der Waals surface area contributed by atoms with Gasteiger partial charge in [-0.25, -0.2) is 0 Å². The zero-order valence-electron chi connectivity index (χ0n) is 12.9. The molecule has 0 aliphatic rings. The van der Waals surface area contributed by atoms with E-state index in [1.54, 1.807) is 7.11 Å². The highest BCUT2D eigenvalue weighted by molar-refractivity contribution is 6.31. The minimum Gasteiger partial charge on any atom is -0.497 e. The number of H-pyrrole nitrogens is 1. The van der Waals surface area contributed by atoms with Crippen LogP contribution in [0.3, 0.4) is 0 Å². The molecular formula is C18H17ClN2O2. The first kappa shape index (κ1) is 15.4. The molecule has 0 aliphatic carbocycles. The predicted molar refractivity (Wildman–Crippen MR) is 94.6 cm³/mol. The Morgan fingerprint density at radius 3 is 2.83 bits per heavy atom. The molecule has 0 atom stereocenters. The van der Waals surface area contributed by atoms with Crippen LogP contribution in [-0.2, 0) is 6.54 Å². The summed E-state index contributed by atoms with van der Waals surface area (Å²) in [6.45, 7) is 2.36. The number of aromatic amines is 1. The highest BCUT2D eigenvalue weighted by Crippen LogP contribution is 2.24. The molecule has 3 aromatic rings. The number of methoxy groups -OCH3 is 1. The van der Waals surface area contributed by atoms with Crippen LogP contribution in [0.1, 0.15) is 11.1 Å². The molecule has 23 heavy (non-hydrogen) atoms. The van der Waals surface area contributed by atoms with Gasteiger partial charge in [0.05, 0.1) is 7.11 Å². The second kappa shape index (κ2) is 6.34. The van der Waals surface area contributed by atoms with Crippen molar-refractivity contribution in [3.05, 3.63) is 69.0 Å². The first-order valence-electron chi connectivity index (χ1n) is 7.27. The van der Waals surface area contributed by atoms with Gasteiger partial charge in [-0.2, -0.15) is 0 Å². The lowest BCUT2D eigenvalue weighted by atomic mass is 10.1. The van der Waals surface area contributed by atoms with Crippen molar-refractivity contribution in [2.45, 2.75) is 13.5 Å². The minimum absolute atomic E-state index is 0.102. The minimum atomic E-state index is -0.102. The van der Waals surface area contributed by atoms with E-state index in [1.807, 2.05) is 49.4 Å². The average molecular weight is 329 g/mol. The fourth-order valence-electron chi connectivity index (χ4n) is 2.48. The predicted octanol–water partition coefficient (Wildman–Crippen LogP) is 4.11. The molecule has 4 nitrogen and oxygen atoms in total. The van der Waals surface area contributed by atoms with Crippen molar-refractivity contribution in [1.29, 1.82) is 0 Å². The van der Waals surface area contributed by atoms with E-state index in [0.29, 0.717) is 17.1 Å². The normalized spacial score (nSPS) is 10.7. The zero-order chi connectivity index (χ0) is 16.4. The summed E-state index contributed by atoms with van der Waals surface area (Å²) in [5.74, 6) is 0.758. The Bertz CT molecular complexity index is 919. The number of hydrogen-bond acceptors (Lipinski definition) is 3. The van der Waals surface area contributed by atoms with Crippen molar-refractivity contribution in [3.8, 4) is 5.75 Å². The molecule has 118 valence electrons. The van der Waals surface area contributed by atoms with E-state index in [9.17, 15) is 4.79 Å². The number of pyridine rings is 1. The number of nitrogens with one attached hydrogen (secondary N) is 2. The largest absolute Gasteiger partial charge is 0.497 e. The Hall–Kier alpha value is -2.46. The Morgan fingerprint density at radius 1 is 1.22 bits per heavy atom. The summed E-state index contributed by atoms with van der Waals surface area (Å²) in [4.78, 5) is 15.1. The van der Waals surface area contributed by atoms with Gasteiger partial charge in [0.15, 0.2) is 0 Å². The quantitative estimate of drug-likeness (QED) is 0.757. The topological polar surface area (TPSA) is 54.1 Å². The van der Waals surface area contributed by atoms with Gasteiger partial charge < -0.3 is 15.0 Å². The Kier molecular flexibility index (Phi) is 4.26. The molecule has 2 N–H and O–H groups in total. The fraction of sp³-hybridized carbons (Fsp3) is 0.167. The van der Waals surface area contributed by atoms with Crippen LogP contribution in [0.4, 0.5) is 5.69 Å². The van der Waals surface area contributed by atoms with Gasteiger partial charge in [-0.05, 0) is 48.9 Å². The zero-order valence-corrected chi connectivity index (χ0v) is 13.7. The van der Waals surface area contributed by atoms with Gasteiger partial charge >= 0.3 is 0 Å². The monoisotopic (exact) mass is 328 g/mol. The maximum Gasteiger partial charge on any atom is 0.253 e. The summed E-state index contributed by atoms with van der Waals surface area (Å²) in [6.07, 6.45) is 0. The molecular weight excluding hydrogens is 312 g/mol. The molecule has 0 unspecified atom stereocenters. The standard InChI is InChI=1S/C18H17ClN2O2/c1-11-15(19)4-3-5-16(11)20-10-13-8-12-9-14(23-2)6-7-17(12)21-18(13)22/h3-9,20H,10H2,1-2H3,(H,21,22). The van der Waals surface area contributed by atoms with Crippen LogP contribution in [0, 0.1) is 6.92 Å². The van der Waals surface area contributed by atoms with E-state index in [2.05, 4.69) is 10.3 Å². The molecule has 1 aromatic heterocycles. The van der Waals surface area contributed by atoms with Crippen molar-refractivity contribution >= 4 is 28.2 Å². The third-order valence-electron chi connectivity index (χ3n) is 3.87. The highest BCUT2D eigenvalue weighted by atomic mass is 35.5. The summed E-state index contributed by atoms with van der Waals surface area (Å²) in [7, 11) is 1.62. The van der Waals surface area contributed by atoms with Crippen molar-refractivity contribution in [2.24, 2.45) is 0 Å². The van der Waals surface area contributed by atoms with Crippen LogP contribution in [-0.4, -0.2) is 12.1 Å². The maximum atomic E-state index is 12.2. The molecule has 0 bridgehead atoms. The summed E-state index contributed by atoms with van der Waals surface area (Å²) in [5.41, 5.74) is 3.23. The number of rotatable bonds is 4. The van der Waals surface area contributed by atoms with Crippen LogP contribution in [0.2, 0.25) is 5.02 Å². The fourth-order valence-corrected chi connectivity index (χ4v) is 2.65. The number of ether oxygens (including phenoxy) is 1. The molecule has 0 radical (unpaired) electrons. The highest BCUT2D eigenvalue weighted by Gasteiger charge is 2.06. The number of benzene rings is 2. The summed E-state index contributed by atoms with van der Waals surface area (Å²) in [6, 6.07) is 13.1. The second-order valence-corrected chi connectivity index (χ2v) is 5.75. The van der Waals surface area contributed by atoms with Gasteiger partial charge in [-0.3, -0.25) is 4.79 Å². The number of aromatic nitrogens is 1. The van der Waals surface area contributed by atoms with Gasteiger partial charge in [0.1, 0.15) is 5.75 Å². The molecule has 5 heteroatoms. The van der Waals surface area contributed by atoms with Crippen LogP contribution in [0.25, 0.3) is 10.9 Å². The average Bonchev–Trinajstić information content (AvgIpc) is 2.56. The lowest BCUT2D eigenvalue weighted by molar-refractivity contribution is 0.415. The van der Waals surface area contributed by atoms with Crippen LogP contribution < -0.4 is 15.6 Å². The van der Waals surface area contributed by atoms with E-state index < -0.39 is 0 Å². The Morgan fingerprint density at radius 2 is 2.04 bits per heavy atom.